The summed E-state index contributed by atoms with van der Waals surface area (Å²) in [6.45, 7) is 1.63. The first-order chi connectivity index (χ1) is 2.81. The Bertz CT molecular complexity index is 48.1. The molecule has 0 N–H and O–H groups in total. The normalized spacial score (nSPS) is 13.7. The Balaban J connectivity index is 2.96. The second-order valence-electron chi connectivity index (χ2n) is 0.915. The first-order valence-electron chi connectivity index (χ1n) is 1.74. The first-order valence-corrected chi connectivity index (χ1v) is 2.54. The lowest BCUT2D eigenvalue weighted by Gasteiger charge is -1.70. The lowest BCUT2D eigenvalue weighted by molar-refractivity contribution is 0.430. The number of alkyl halides is 1. The van der Waals surface area contributed by atoms with Crippen LogP contribution in [0.5, 0.6) is 0 Å². The van der Waals surface area contributed by atoms with E-state index in [1.165, 1.54) is 0 Å². The largest absolute Gasteiger partial charge is 0.498 e. The van der Waals surface area contributed by atoms with Crippen LogP contribution in [0.2, 0.25) is 0 Å². The third-order valence-corrected chi connectivity index (χ3v) is 0.968. The van der Waals surface area contributed by atoms with Gasteiger partial charge in [0.05, 0.1) is 0 Å². The van der Waals surface area contributed by atoms with Gasteiger partial charge in [0, 0.05) is 10.6 Å². The van der Waals surface area contributed by atoms with Gasteiger partial charge in [-0.1, -0.05) is 6.92 Å². The molecule has 1 nitrogen and oxygen atoms in total. The van der Waals surface area contributed by atoms with Gasteiger partial charge < -0.3 is 0 Å². The Morgan fingerprint density at radius 2 is 2.50 bits per heavy atom. The van der Waals surface area contributed by atoms with Crippen molar-refractivity contribution >= 4 is 11.7 Å². The van der Waals surface area contributed by atoms with Crippen LogP contribution in [0.15, 0.2) is 0 Å². The van der Waals surface area contributed by atoms with Crippen LogP contribution < -0.4 is 0 Å². The summed E-state index contributed by atoms with van der Waals surface area (Å²) in [6, 6.07) is 0. The zero-order valence-electron chi connectivity index (χ0n) is 3.48. The fourth-order valence-electron chi connectivity index (χ4n) is 0.0680. The molecule has 0 heterocycles. The van der Waals surface area contributed by atoms with Crippen molar-refractivity contribution in [3.05, 3.63) is 0 Å². The lowest BCUT2D eigenvalue weighted by atomic mass is 10.6. The van der Waals surface area contributed by atoms with E-state index in [-0.39, 0.29) is 11.7 Å². The molecule has 0 aromatic heterocycles. The highest BCUT2D eigenvalue weighted by Crippen LogP contribution is 1.91. The molecule has 0 aliphatic heterocycles. The van der Waals surface area contributed by atoms with E-state index in [4.69, 9.17) is 0 Å². The van der Waals surface area contributed by atoms with E-state index in [0.717, 1.165) is 0 Å². The molecule has 0 rings (SSSR count). The van der Waals surface area contributed by atoms with Gasteiger partial charge in [-0.25, -0.2) is 0 Å². The lowest BCUT2D eigenvalue weighted by Crippen LogP contribution is -1.90. The van der Waals surface area contributed by atoms with Crippen LogP contribution in [0.1, 0.15) is 13.3 Å². The van der Waals surface area contributed by atoms with Gasteiger partial charge in [0.1, 0.15) is 0 Å². The molecule has 0 saturated heterocycles. The summed E-state index contributed by atoms with van der Waals surface area (Å²) in [5.74, 6) is 0. The fraction of sp³-hybridized carbons (Fsp3) is 1.00. The molecular formula is C3H6FOS+. The average Bonchev–Trinajstić information content (AvgIpc) is 1.65. The maximum atomic E-state index is 11.5. The third-order valence-electron chi connectivity index (χ3n) is 0.425. The summed E-state index contributed by atoms with van der Waals surface area (Å²) in [6.07, 6.45) is 0.314. The summed E-state index contributed by atoms with van der Waals surface area (Å²) in [5.41, 5.74) is -1.20. The summed E-state index contributed by atoms with van der Waals surface area (Å²) in [7, 11) is 0. The summed E-state index contributed by atoms with van der Waals surface area (Å²) in [4.78, 5) is 0. The molecule has 0 aromatic carbocycles. The van der Waals surface area contributed by atoms with Crippen molar-refractivity contribution in [3.63, 3.8) is 0 Å². The SMILES string of the molecule is CC[C@H](F)[S+]=O. The molecule has 0 amide bonds. The van der Waals surface area contributed by atoms with E-state index in [1.54, 1.807) is 6.92 Å². The maximum absolute atomic E-state index is 11.5. The second-order valence-corrected chi connectivity index (χ2v) is 1.62. The predicted molar refractivity (Wildman–Crippen MR) is 23.2 cm³/mol. The summed E-state index contributed by atoms with van der Waals surface area (Å²) in [5, 5.41) is 0. The van der Waals surface area contributed by atoms with E-state index in [0.29, 0.717) is 6.42 Å². The Hall–Kier alpha value is -0.0500. The molecule has 0 saturated carbocycles. The molecule has 0 fully saturated rings. The third kappa shape index (κ3) is 2.20. The van der Waals surface area contributed by atoms with Gasteiger partial charge in [-0.05, 0) is 0 Å². The fourth-order valence-corrected chi connectivity index (χ4v) is 0.204. The first kappa shape index (κ1) is 5.95. The van der Waals surface area contributed by atoms with Crippen molar-refractivity contribution in [2.24, 2.45) is 0 Å². The van der Waals surface area contributed by atoms with Gasteiger partial charge in [-0.3, -0.25) is 0 Å². The van der Waals surface area contributed by atoms with Gasteiger partial charge in [0.2, 0.25) is 0 Å². The molecule has 0 unspecified atom stereocenters. The molecule has 6 heavy (non-hydrogen) atoms. The highest BCUT2D eigenvalue weighted by Gasteiger charge is 2.13. The van der Waals surface area contributed by atoms with Gasteiger partial charge in [0.15, 0.2) is 0 Å². The van der Waals surface area contributed by atoms with Crippen LogP contribution in [-0.4, -0.2) is 5.50 Å². The molecular weight excluding hydrogens is 103 g/mol. The van der Waals surface area contributed by atoms with Gasteiger partial charge in [-0.15, -0.1) is 0 Å². The van der Waals surface area contributed by atoms with Crippen LogP contribution >= 0.6 is 0 Å². The standard InChI is InChI=1S/C3H6FOS/c1-2-3(4)6-5/h3H,2H2,1H3/q+1/t3-/m1/s1. The topological polar surface area (TPSA) is 17.1 Å². The highest BCUT2D eigenvalue weighted by molar-refractivity contribution is 7.66. The van der Waals surface area contributed by atoms with Crippen molar-refractivity contribution < 1.29 is 8.60 Å². The Morgan fingerprint density at radius 3 is 2.50 bits per heavy atom. The van der Waals surface area contributed by atoms with Crippen LogP contribution in [0.3, 0.4) is 0 Å². The average molecular weight is 109 g/mol. The monoisotopic (exact) mass is 109 g/mol. The molecule has 1 atom stereocenters. The number of halogens is 1. The molecule has 0 aliphatic rings. The predicted octanol–water partition coefficient (Wildman–Crippen LogP) is 1.12. The summed E-state index contributed by atoms with van der Waals surface area (Å²) < 4.78 is 20.9. The molecule has 36 valence electrons. The molecule has 0 aliphatic carbocycles. The molecule has 0 bridgehead atoms. The quantitative estimate of drug-likeness (QED) is 0.485. The smallest absolute Gasteiger partial charge is 0.174 e. The van der Waals surface area contributed by atoms with Gasteiger partial charge in [0.25, 0.3) is 0 Å². The molecule has 0 radical (unpaired) electrons. The Morgan fingerprint density at radius 1 is 2.00 bits per heavy atom. The van der Waals surface area contributed by atoms with E-state index in [9.17, 15) is 8.60 Å². The number of hydrogen-bond acceptors (Lipinski definition) is 1. The highest BCUT2D eigenvalue weighted by atomic mass is 32.1. The van der Waals surface area contributed by atoms with Crippen molar-refractivity contribution in [3.8, 4) is 0 Å². The second kappa shape index (κ2) is 3.15. The van der Waals surface area contributed by atoms with E-state index >= 15 is 0 Å². The van der Waals surface area contributed by atoms with Crippen molar-refractivity contribution in [2.75, 3.05) is 0 Å². The van der Waals surface area contributed by atoms with Crippen LogP contribution in [-0.2, 0) is 15.9 Å². The minimum absolute atomic E-state index is 0.00810. The van der Waals surface area contributed by atoms with E-state index in [2.05, 4.69) is 0 Å². The van der Waals surface area contributed by atoms with E-state index in [1.807, 2.05) is 0 Å². The van der Waals surface area contributed by atoms with Gasteiger partial charge >= 0.3 is 17.2 Å². The van der Waals surface area contributed by atoms with Crippen molar-refractivity contribution in [2.45, 2.75) is 18.8 Å². The summed E-state index contributed by atoms with van der Waals surface area (Å²) >= 11 is 0.00810. The number of rotatable bonds is 2. The molecule has 0 aromatic rings. The van der Waals surface area contributed by atoms with Gasteiger partial charge in [-0.2, -0.15) is 4.39 Å². The van der Waals surface area contributed by atoms with Crippen molar-refractivity contribution in [1.29, 1.82) is 0 Å². The molecule has 0 spiro atoms. The number of hydrogen-bond donors (Lipinski definition) is 0. The zero-order chi connectivity index (χ0) is 4.99. The van der Waals surface area contributed by atoms with Crippen LogP contribution in [0.4, 0.5) is 4.39 Å². The maximum Gasteiger partial charge on any atom is 0.498 e. The minimum Gasteiger partial charge on any atom is -0.174 e. The van der Waals surface area contributed by atoms with Crippen LogP contribution in [0, 0.1) is 0 Å². The minimum atomic E-state index is -1.20. The zero-order valence-corrected chi connectivity index (χ0v) is 4.30. The van der Waals surface area contributed by atoms with E-state index < -0.39 is 5.50 Å². The molecule has 3 heteroatoms. The Labute approximate surface area is 40.0 Å². The van der Waals surface area contributed by atoms with Crippen molar-refractivity contribution in [1.82, 2.24) is 0 Å². The Kier molecular flexibility index (Phi) is 3.13. The van der Waals surface area contributed by atoms with Crippen LogP contribution in [0.25, 0.3) is 0 Å².